The quantitative estimate of drug-likeness (QED) is 0.914. The van der Waals surface area contributed by atoms with Crippen LogP contribution in [0.5, 0.6) is 5.75 Å². The van der Waals surface area contributed by atoms with Crippen LogP contribution < -0.4 is 15.0 Å². The van der Waals surface area contributed by atoms with Gasteiger partial charge in [0.2, 0.25) is 0 Å². The van der Waals surface area contributed by atoms with Gasteiger partial charge in [0.05, 0.1) is 12.3 Å². The van der Waals surface area contributed by atoms with E-state index < -0.39 is 0 Å². The van der Waals surface area contributed by atoms with Gasteiger partial charge in [0.25, 0.3) is 5.82 Å². The van der Waals surface area contributed by atoms with E-state index in [1.54, 1.807) is 12.1 Å². The fourth-order valence-electron chi connectivity index (χ4n) is 1.78. The number of aromatic nitrogens is 1. The third-order valence-corrected chi connectivity index (χ3v) is 2.62. The van der Waals surface area contributed by atoms with E-state index in [4.69, 9.17) is 4.74 Å². The van der Waals surface area contributed by atoms with Gasteiger partial charge in [-0.05, 0) is 32.0 Å². The summed E-state index contributed by atoms with van der Waals surface area (Å²) < 4.78 is 5.45. The summed E-state index contributed by atoms with van der Waals surface area (Å²) in [7, 11) is 0. The molecule has 2 N–H and O–H groups in total. The molecule has 0 fully saturated rings. The van der Waals surface area contributed by atoms with Gasteiger partial charge in [-0.15, -0.1) is 0 Å². The lowest BCUT2D eigenvalue weighted by molar-refractivity contribution is -0.370. The van der Waals surface area contributed by atoms with Crippen LogP contribution in [0.1, 0.15) is 23.0 Å². The molecular weight excluding hydrogens is 240 g/mol. The number of ether oxygens (including phenoxy) is 1. The number of hydrogen-bond acceptors (Lipinski definition) is 2. The minimum Gasteiger partial charge on any atom is -0.493 e. The van der Waals surface area contributed by atoms with Crippen molar-refractivity contribution in [3.63, 3.8) is 0 Å². The van der Waals surface area contributed by atoms with Crippen molar-refractivity contribution in [1.82, 2.24) is 0 Å². The Hall–Kier alpha value is -2.36. The van der Waals surface area contributed by atoms with Gasteiger partial charge in [0, 0.05) is 6.07 Å². The molecule has 0 unspecified atom stereocenters. The minimum absolute atomic E-state index is 0.189. The van der Waals surface area contributed by atoms with Crippen molar-refractivity contribution in [3.05, 3.63) is 53.7 Å². The fraction of sp³-hybridized carbons (Fsp3) is 0.200. The second kappa shape index (κ2) is 6.00. The van der Waals surface area contributed by atoms with E-state index in [-0.39, 0.29) is 5.91 Å². The summed E-state index contributed by atoms with van der Waals surface area (Å²) in [4.78, 5) is 15.3. The third kappa shape index (κ3) is 3.31. The molecule has 0 aliphatic heterocycles. The summed E-state index contributed by atoms with van der Waals surface area (Å²) in [5.74, 6) is 1.07. The molecule has 0 spiro atoms. The molecule has 0 aliphatic carbocycles. The topological polar surface area (TPSA) is 52.5 Å². The lowest BCUT2D eigenvalue weighted by atomic mass is 10.2. The number of nitrogens with one attached hydrogen (secondary N) is 2. The maximum absolute atomic E-state index is 12.2. The van der Waals surface area contributed by atoms with Crippen LogP contribution >= 0.6 is 0 Å². The van der Waals surface area contributed by atoms with Crippen molar-refractivity contribution in [1.29, 1.82) is 0 Å². The molecule has 1 aromatic heterocycles. The Morgan fingerprint density at radius 1 is 1.21 bits per heavy atom. The molecule has 1 aromatic carbocycles. The number of pyridine rings is 1. The molecule has 1 heterocycles. The second-order valence-electron chi connectivity index (χ2n) is 4.13. The molecule has 1 amide bonds. The number of benzene rings is 1. The summed E-state index contributed by atoms with van der Waals surface area (Å²) in [6.45, 7) is 4.35. The molecule has 2 aromatic rings. The standard InChI is InChI=1S/C15H16N2O2/c1-3-19-13-9-5-4-8-12(13)15(18)17-14-10-6-7-11(2)16-14/h4-10H,3H2,1-2H3,(H,16,17,18)/p+1. The molecule has 0 radical (unpaired) electrons. The maximum atomic E-state index is 12.2. The summed E-state index contributed by atoms with van der Waals surface area (Å²) in [5, 5.41) is 2.82. The predicted octanol–water partition coefficient (Wildman–Crippen LogP) is 2.46. The van der Waals surface area contributed by atoms with Crippen LogP contribution in [0.3, 0.4) is 0 Å². The molecule has 98 valence electrons. The molecule has 0 bridgehead atoms. The Bertz CT molecular complexity index is 582. The van der Waals surface area contributed by atoms with E-state index >= 15 is 0 Å². The van der Waals surface area contributed by atoms with Gasteiger partial charge in [-0.1, -0.05) is 18.2 Å². The summed E-state index contributed by atoms with van der Waals surface area (Å²) >= 11 is 0. The van der Waals surface area contributed by atoms with Crippen molar-refractivity contribution in [2.45, 2.75) is 13.8 Å². The van der Waals surface area contributed by atoms with Crippen molar-refractivity contribution >= 4 is 11.7 Å². The zero-order valence-corrected chi connectivity index (χ0v) is 11.1. The van der Waals surface area contributed by atoms with Gasteiger partial charge in [0.1, 0.15) is 11.3 Å². The molecule has 0 saturated heterocycles. The third-order valence-electron chi connectivity index (χ3n) is 2.62. The van der Waals surface area contributed by atoms with E-state index in [1.807, 2.05) is 44.2 Å². The number of para-hydroxylation sites is 1. The van der Waals surface area contributed by atoms with Crippen LogP contribution in [0.15, 0.2) is 42.5 Å². The molecule has 4 heteroatoms. The zero-order valence-electron chi connectivity index (χ0n) is 11.1. The number of carbonyl (C=O) groups is 1. The number of amides is 1. The fourth-order valence-corrected chi connectivity index (χ4v) is 1.78. The lowest BCUT2D eigenvalue weighted by Crippen LogP contribution is -2.21. The second-order valence-corrected chi connectivity index (χ2v) is 4.13. The largest absolute Gasteiger partial charge is 0.493 e. The van der Waals surface area contributed by atoms with Gasteiger partial charge in [-0.25, -0.2) is 15.1 Å². The SMILES string of the molecule is CCOc1ccccc1C(=O)Nc1cccc(C)[nH+]1. The molecule has 2 rings (SSSR count). The van der Waals surface area contributed by atoms with Crippen LogP contribution in [0.4, 0.5) is 5.82 Å². The van der Waals surface area contributed by atoms with Crippen molar-refractivity contribution in [2.75, 3.05) is 11.9 Å². The van der Waals surface area contributed by atoms with Crippen LogP contribution in [0.25, 0.3) is 0 Å². The number of H-pyrrole nitrogens is 1. The van der Waals surface area contributed by atoms with Gasteiger partial charge >= 0.3 is 5.91 Å². The summed E-state index contributed by atoms with van der Waals surface area (Å²) in [5.41, 5.74) is 1.51. The molecule has 0 aliphatic rings. The van der Waals surface area contributed by atoms with Gasteiger partial charge in [0.15, 0.2) is 0 Å². The Balaban J connectivity index is 2.20. The Morgan fingerprint density at radius 2 is 2.00 bits per heavy atom. The highest BCUT2D eigenvalue weighted by Gasteiger charge is 2.17. The first-order valence-corrected chi connectivity index (χ1v) is 6.23. The van der Waals surface area contributed by atoms with Gasteiger partial charge in [-0.2, -0.15) is 0 Å². The first-order valence-electron chi connectivity index (χ1n) is 6.23. The summed E-state index contributed by atoms with van der Waals surface area (Å²) in [6, 6.07) is 12.8. The van der Waals surface area contributed by atoms with Gasteiger partial charge < -0.3 is 4.74 Å². The number of aromatic amines is 1. The average Bonchev–Trinajstić information content (AvgIpc) is 2.39. The monoisotopic (exact) mass is 257 g/mol. The molecule has 0 saturated carbocycles. The smallest absolute Gasteiger partial charge is 0.342 e. The first kappa shape index (κ1) is 13.1. The summed E-state index contributed by atoms with van der Waals surface area (Å²) in [6.07, 6.45) is 0. The van der Waals surface area contributed by atoms with Crippen LogP contribution in [-0.2, 0) is 0 Å². The number of rotatable bonds is 4. The average molecular weight is 257 g/mol. The lowest BCUT2D eigenvalue weighted by Gasteiger charge is -2.07. The van der Waals surface area contributed by atoms with Crippen LogP contribution in [0.2, 0.25) is 0 Å². The van der Waals surface area contributed by atoms with E-state index in [2.05, 4.69) is 10.3 Å². The minimum atomic E-state index is -0.189. The predicted molar refractivity (Wildman–Crippen MR) is 73.3 cm³/mol. The van der Waals surface area contributed by atoms with Crippen molar-refractivity contribution in [3.8, 4) is 5.75 Å². The Morgan fingerprint density at radius 3 is 2.74 bits per heavy atom. The normalized spacial score (nSPS) is 10.0. The maximum Gasteiger partial charge on any atom is 0.342 e. The number of carbonyl (C=O) groups excluding carboxylic acids is 1. The van der Waals surface area contributed by atoms with Crippen molar-refractivity contribution < 1.29 is 14.5 Å². The van der Waals surface area contributed by atoms with Gasteiger partial charge in [-0.3, -0.25) is 0 Å². The van der Waals surface area contributed by atoms with E-state index in [9.17, 15) is 4.79 Å². The highest BCUT2D eigenvalue weighted by molar-refractivity contribution is 6.05. The van der Waals surface area contributed by atoms with E-state index in [0.717, 1.165) is 5.69 Å². The number of anilines is 1. The Labute approximate surface area is 112 Å². The molecule has 19 heavy (non-hydrogen) atoms. The van der Waals surface area contributed by atoms with Crippen molar-refractivity contribution in [2.24, 2.45) is 0 Å². The number of hydrogen-bond donors (Lipinski definition) is 1. The zero-order chi connectivity index (χ0) is 13.7. The highest BCUT2D eigenvalue weighted by Crippen LogP contribution is 2.18. The molecular formula is C15H17N2O2+. The first-order chi connectivity index (χ1) is 9.20. The van der Waals surface area contributed by atoms with E-state index in [1.165, 1.54) is 0 Å². The molecule has 0 atom stereocenters. The van der Waals surface area contributed by atoms with E-state index in [0.29, 0.717) is 23.7 Å². The van der Waals surface area contributed by atoms with Crippen LogP contribution in [0, 0.1) is 6.92 Å². The highest BCUT2D eigenvalue weighted by atomic mass is 16.5. The Kier molecular flexibility index (Phi) is 4.13. The molecule has 4 nitrogen and oxygen atoms in total. The number of aryl methyl sites for hydroxylation is 1. The van der Waals surface area contributed by atoms with Crippen LogP contribution in [-0.4, -0.2) is 12.5 Å².